The lowest BCUT2D eigenvalue weighted by Gasteiger charge is -2.26. The largest absolute Gasteiger partial charge is 0.379 e. The number of nitrogens with one attached hydrogen (secondary N) is 1. The first kappa shape index (κ1) is 19.5. The Bertz CT molecular complexity index is 1170. The molecule has 0 saturated carbocycles. The van der Waals surface area contributed by atoms with Crippen LogP contribution in [0, 0.1) is 6.92 Å². The highest BCUT2D eigenvalue weighted by atomic mass is 32.2. The zero-order valence-electron chi connectivity index (χ0n) is 16.0. The molecule has 1 aliphatic rings. The summed E-state index contributed by atoms with van der Waals surface area (Å²) in [6.45, 7) is 3.08. The van der Waals surface area contributed by atoms with Crippen molar-refractivity contribution < 1.29 is 17.9 Å². The first-order chi connectivity index (χ1) is 14.0. The first-order valence-corrected chi connectivity index (χ1v) is 10.7. The van der Waals surface area contributed by atoms with E-state index in [2.05, 4.69) is 10.3 Å². The van der Waals surface area contributed by atoms with Gasteiger partial charge in [-0.25, -0.2) is 8.42 Å². The fraction of sp³-hybridized carbons (Fsp3) is 0.238. The molecule has 150 valence electrons. The average Bonchev–Trinajstić information content (AvgIpc) is 2.75. The molecule has 29 heavy (non-hydrogen) atoms. The molecule has 4 rings (SSSR count). The van der Waals surface area contributed by atoms with Crippen LogP contribution < -0.4 is 5.32 Å². The van der Waals surface area contributed by atoms with E-state index < -0.39 is 10.0 Å². The molecule has 7 nitrogen and oxygen atoms in total. The van der Waals surface area contributed by atoms with Gasteiger partial charge in [0, 0.05) is 47.5 Å². The second-order valence-corrected chi connectivity index (χ2v) is 8.76. The summed E-state index contributed by atoms with van der Waals surface area (Å²) in [6.07, 6.45) is 3.39. The molecule has 2 heterocycles. The molecule has 1 aliphatic heterocycles. The molecule has 3 aromatic rings. The van der Waals surface area contributed by atoms with Crippen molar-refractivity contribution in [3.63, 3.8) is 0 Å². The van der Waals surface area contributed by atoms with Gasteiger partial charge in [-0.15, -0.1) is 0 Å². The summed E-state index contributed by atoms with van der Waals surface area (Å²) in [6, 6.07) is 12.1. The van der Waals surface area contributed by atoms with Crippen molar-refractivity contribution in [1.82, 2.24) is 9.29 Å². The normalized spacial score (nSPS) is 15.3. The topological polar surface area (TPSA) is 88.6 Å². The van der Waals surface area contributed by atoms with Crippen LogP contribution >= 0.6 is 0 Å². The van der Waals surface area contributed by atoms with Crippen LogP contribution in [0.1, 0.15) is 15.9 Å². The minimum absolute atomic E-state index is 0.147. The number of aryl methyl sites for hydroxylation is 1. The van der Waals surface area contributed by atoms with E-state index in [1.807, 2.05) is 18.2 Å². The van der Waals surface area contributed by atoms with Gasteiger partial charge in [0.05, 0.1) is 18.1 Å². The van der Waals surface area contributed by atoms with E-state index in [0.29, 0.717) is 37.6 Å². The fourth-order valence-electron chi connectivity index (χ4n) is 3.37. The van der Waals surface area contributed by atoms with E-state index >= 15 is 0 Å². The number of carbonyl (C=O) groups is 1. The predicted molar refractivity (Wildman–Crippen MR) is 110 cm³/mol. The molecule has 1 amide bonds. The highest BCUT2D eigenvalue weighted by molar-refractivity contribution is 7.89. The number of carbonyl (C=O) groups excluding carboxylic acids is 1. The number of benzene rings is 2. The number of amides is 1. The molecule has 0 atom stereocenters. The maximum Gasteiger partial charge on any atom is 0.255 e. The summed E-state index contributed by atoms with van der Waals surface area (Å²) in [5.41, 5.74) is 1.53. The van der Waals surface area contributed by atoms with E-state index in [1.165, 1.54) is 10.4 Å². The number of morpholine rings is 1. The number of fused-ring (bicyclic) bond motifs is 1. The van der Waals surface area contributed by atoms with Gasteiger partial charge < -0.3 is 10.1 Å². The molecular weight excluding hydrogens is 390 g/mol. The Morgan fingerprint density at radius 2 is 1.93 bits per heavy atom. The molecule has 8 heteroatoms. The summed E-state index contributed by atoms with van der Waals surface area (Å²) < 4.78 is 32.7. The monoisotopic (exact) mass is 411 g/mol. The predicted octanol–water partition coefficient (Wildman–Crippen LogP) is 2.82. The number of hydrogen-bond donors (Lipinski definition) is 1. The Morgan fingerprint density at radius 3 is 2.72 bits per heavy atom. The molecule has 0 aliphatic carbocycles. The molecule has 1 aromatic heterocycles. The zero-order chi connectivity index (χ0) is 20.4. The summed E-state index contributed by atoms with van der Waals surface area (Å²) in [5.74, 6) is -0.368. The minimum atomic E-state index is -3.69. The van der Waals surface area contributed by atoms with Crippen molar-refractivity contribution >= 4 is 32.4 Å². The first-order valence-electron chi connectivity index (χ1n) is 9.29. The minimum Gasteiger partial charge on any atom is -0.379 e. The Morgan fingerprint density at radius 1 is 1.14 bits per heavy atom. The third kappa shape index (κ3) is 3.87. The van der Waals surface area contributed by atoms with Crippen LogP contribution in [-0.4, -0.2) is 49.9 Å². The lowest BCUT2D eigenvalue weighted by atomic mass is 10.1. The van der Waals surface area contributed by atoms with Gasteiger partial charge in [0.25, 0.3) is 5.91 Å². The molecular formula is C21H21N3O4S. The van der Waals surface area contributed by atoms with Gasteiger partial charge >= 0.3 is 0 Å². The van der Waals surface area contributed by atoms with Gasteiger partial charge in [0.2, 0.25) is 10.0 Å². The number of aromatic nitrogens is 1. The van der Waals surface area contributed by atoms with Crippen LogP contribution in [0.3, 0.4) is 0 Å². The highest BCUT2D eigenvalue weighted by Gasteiger charge is 2.28. The van der Waals surface area contributed by atoms with Crippen molar-refractivity contribution in [3.05, 3.63) is 66.0 Å². The molecule has 1 fully saturated rings. The smallest absolute Gasteiger partial charge is 0.255 e. The lowest BCUT2D eigenvalue weighted by Crippen LogP contribution is -2.40. The van der Waals surface area contributed by atoms with Crippen LogP contribution in [0.25, 0.3) is 10.8 Å². The van der Waals surface area contributed by atoms with E-state index in [9.17, 15) is 13.2 Å². The third-order valence-electron chi connectivity index (χ3n) is 4.97. The lowest BCUT2D eigenvalue weighted by molar-refractivity contribution is 0.0730. The zero-order valence-corrected chi connectivity index (χ0v) is 16.8. The van der Waals surface area contributed by atoms with E-state index in [-0.39, 0.29) is 16.4 Å². The van der Waals surface area contributed by atoms with Crippen molar-refractivity contribution in [2.75, 3.05) is 31.6 Å². The Kier molecular flexibility index (Phi) is 5.31. The summed E-state index contributed by atoms with van der Waals surface area (Å²) in [5, 5.41) is 4.66. The van der Waals surface area contributed by atoms with Gasteiger partial charge in [-0.3, -0.25) is 9.78 Å². The average molecular weight is 411 g/mol. The molecule has 0 spiro atoms. The Labute approximate surface area is 169 Å². The van der Waals surface area contributed by atoms with Gasteiger partial charge in [0.15, 0.2) is 0 Å². The fourth-order valence-corrected chi connectivity index (χ4v) is 5.03. The van der Waals surface area contributed by atoms with Crippen LogP contribution in [0.15, 0.2) is 59.8 Å². The number of pyridine rings is 1. The third-order valence-corrected chi connectivity index (χ3v) is 7.01. The molecule has 0 unspecified atom stereocenters. The van der Waals surface area contributed by atoms with Gasteiger partial charge in [-0.2, -0.15) is 4.31 Å². The quantitative estimate of drug-likeness (QED) is 0.713. The van der Waals surface area contributed by atoms with Crippen molar-refractivity contribution in [3.8, 4) is 0 Å². The number of sulfonamides is 1. The number of ether oxygens (including phenoxy) is 1. The van der Waals surface area contributed by atoms with Crippen LogP contribution in [0.2, 0.25) is 0 Å². The van der Waals surface area contributed by atoms with Crippen LogP contribution in [0.4, 0.5) is 5.69 Å². The second kappa shape index (κ2) is 7.90. The summed E-state index contributed by atoms with van der Waals surface area (Å²) >= 11 is 0. The standard InChI is InChI=1S/C21H21N3O4S/c1-15-5-6-16(13-20(15)29(26,27)24-9-11-28-12-10-24)21(25)23-19-4-2-3-17-14-22-8-7-18(17)19/h2-8,13-14H,9-12H2,1H3,(H,23,25). The Hall–Kier alpha value is -2.81. The number of rotatable bonds is 4. The summed E-state index contributed by atoms with van der Waals surface area (Å²) in [4.78, 5) is 17.1. The van der Waals surface area contributed by atoms with Gasteiger partial charge in [0.1, 0.15) is 0 Å². The maximum absolute atomic E-state index is 13.0. The van der Waals surface area contributed by atoms with Crippen molar-refractivity contribution in [2.24, 2.45) is 0 Å². The molecule has 0 radical (unpaired) electrons. The van der Waals surface area contributed by atoms with Crippen LogP contribution in [-0.2, 0) is 14.8 Å². The highest BCUT2D eigenvalue weighted by Crippen LogP contribution is 2.25. The van der Waals surface area contributed by atoms with Gasteiger partial charge in [-0.05, 0) is 36.8 Å². The number of anilines is 1. The van der Waals surface area contributed by atoms with E-state index in [4.69, 9.17) is 4.74 Å². The maximum atomic E-state index is 13.0. The van der Waals surface area contributed by atoms with Crippen molar-refractivity contribution in [1.29, 1.82) is 0 Å². The second-order valence-electron chi connectivity index (χ2n) is 6.85. The molecule has 0 bridgehead atoms. The van der Waals surface area contributed by atoms with Crippen molar-refractivity contribution in [2.45, 2.75) is 11.8 Å². The summed E-state index contributed by atoms with van der Waals surface area (Å²) in [7, 11) is -3.69. The molecule has 1 saturated heterocycles. The number of nitrogens with zero attached hydrogens (tertiary/aromatic N) is 2. The van der Waals surface area contributed by atoms with Crippen LogP contribution in [0.5, 0.6) is 0 Å². The van der Waals surface area contributed by atoms with E-state index in [0.717, 1.165) is 10.8 Å². The molecule has 1 N–H and O–H groups in total. The molecule has 2 aromatic carbocycles. The Balaban J connectivity index is 1.65. The number of hydrogen-bond acceptors (Lipinski definition) is 5. The van der Waals surface area contributed by atoms with Gasteiger partial charge in [-0.1, -0.05) is 18.2 Å². The van der Waals surface area contributed by atoms with E-state index in [1.54, 1.807) is 37.5 Å². The SMILES string of the molecule is Cc1ccc(C(=O)Nc2cccc3cnccc23)cc1S(=O)(=O)N1CCOCC1.